The fourth-order valence-electron chi connectivity index (χ4n) is 1.87. The first-order chi connectivity index (χ1) is 4.86. The summed E-state index contributed by atoms with van der Waals surface area (Å²) < 4.78 is 0. The molecule has 0 radical (unpaired) electrons. The molecule has 1 heterocycles. The second-order valence-corrected chi connectivity index (χ2v) is 3.29. The van der Waals surface area contributed by atoms with Gasteiger partial charge in [0, 0.05) is 12.1 Å². The number of allylic oxidation sites excluding steroid dienone is 1. The Kier molecular flexibility index (Phi) is 1.37. The number of rotatable bonds is 0. The molecular formula is C9H13N. The van der Waals surface area contributed by atoms with Crippen LogP contribution < -0.4 is 0 Å². The Hall–Kier alpha value is -0.590. The van der Waals surface area contributed by atoms with E-state index in [-0.39, 0.29) is 0 Å². The van der Waals surface area contributed by atoms with Crippen LogP contribution in [-0.4, -0.2) is 12.3 Å². The Morgan fingerprint density at radius 1 is 1.20 bits per heavy atom. The third-order valence-electron chi connectivity index (χ3n) is 2.47. The van der Waals surface area contributed by atoms with Crippen LogP contribution in [0, 0.1) is 0 Å². The molecule has 0 aromatic rings. The minimum absolute atomic E-state index is 1.02. The van der Waals surface area contributed by atoms with Gasteiger partial charge in [-0.1, -0.05) is 5.57 Å². The zero-order valence-corrected chi connectivity index (χ0v) is 6.48. The molecule has 0 spiro atoms. The van der Waals surface area contributed by atoms with E-state index in [1.54, 1.807) is 11.1 Å². The number of hydrogen-bond acceptors (Lipinski definition) is 1. The molecule has 0 aromatic carbocycles. The average Bonchev–Trinajstić information content (AvgIpc) is 2.33. The normalized spacial score (nSPS) is 24.7. The molecule has 0 atom stereocenters. The highest BCUT2D eigenvalue weighted by Crippen LogP contribution is 2.31. The topological polar surface area (TPSA) is 12.4 Å². The van der Waals surface area contributed by atoms with E-state index >= 15 is 0 Å². The van der Waals surface area contributed by atoms with Gasteiger partial charge in [-0.2, -0.15) is 0 Å². The van der Waals surface area contributed by atoms with Crippen molar-refractivity contribution in [1.82, 2.24) is 0 Å². The van der Waals surface area contributed by atoms with Crippen LogP contribution in [0.25, 0.3) is 0 Å². The van der Waals surface area contributed by atoms with Crippen LogP contribution in [0.3, 0.4) is 0 Å². The predicted molar refractivity (Wildman–Crippen MR) is 43.5 cm³/mol. The highest BCUT2D eigenvalue weighted by molar-refractivity contribution is 5.85. The summed E-state index contributed by atoms with van der Waals surface area (Å²) in [6.07, 6.45) is 5.23. The van der Waals surface area contributed by atoms with E-state index in [1.165, 1.54) is 31.4 Å². The summed E-state index contributed by atoms with van der Waals surface area (Å²) in [4.78, 5) is 4.43. The molecule has 0 bridgehead atoms. The molecule has 2 aliphatic rings. The molecule has 0 N–H and O–H groups in total. The number of aliphatic imine (C=N–C) groups is 1. The number of dihydropyridines is 1. The van der Waals surface area contributed by atoms with E-state index < -0.39 is 0 Å². The second kappa shape index (κ2) is 2.22. The molecule has 0 aromatic heterocycles. The summed E-state index contributed by atoms with van der Waals surface area (Å²) in [6, 6.07) is 0. The Morgan fingerprint density at radius 3 is 2.90 bits per heavy atom. The van der Waals surface area contributed by atoms with E-state index in [9.17, 15) is 0 Å². The molecule has 0 amide bonds. The lowest BCUT2D eigenvalue weighted by Crippen LogP contribution is -2.04. The van der Waals surface area contributed by atoms with Gasteiger partial charge in [0.1, 0.15) is 0 Å². The Balaban J connectivity index is 2.18. The summed E-state index contributed by atoms with van der Waals surface area (Å²) in [6.45, 7) is 3.16. The summed E-state index contributed by atoms with van der Waals surface area (Å²) >= 11 is 0. The quantitative estimate of drug-likeness (QED) is 0.452. The minimum atomic E-state index is 1.02. The SMILES string of the molecule is CC1=NCC2=C(CCC2)C1. The van der Waals surface area contributed by atoms with Crippen molar-refractivity contribution < 1.29 is 0 Å². The van der Waals surface area contributed by atoms with Crippen molar-refractivity contribution in [3.8, 4) is 0 Å². The van der Waals surface area contributed by atoms with Gasteiger partial charge < -0.3 is 0 Å². The van der Waals surface area contributed by atoms with Crippen LogP contribution in [0.5, 0.6) is 0 Å². The highest BCUT2D eigenvalue weighted by atomic mass is 14.7. The van der Waals surface area contributed by atoms with Crippen molar-refractivity contribution in [1.29, 1.82) is 0 Å². The van der Waals surface area contributed by atoms with Crippen LogP contribution in [0.1, 0.15) is 32.6 Å². The maximum Gasteiger partial charge on any atom is 0.0601 e. The number of hydrogen-bond donors (Lipinski definition) is 0. The lowest BCUT2D eigenvalue weighted by molar-refractivity contribution is 0.884. The molecule has 1 aliphatic carbocycles. The van der Waals surface area contributed by atoms with Crippen LogP contribution >= 0.6 is 0 Å². The average molecular weight is 135 g/mol. The van der Waals surface area contributed by atoms with Crippen molar-refractivity contribution in [3.63, 3.8) is 0 Å². The van der Waals surface area contributed by atoms with Gasteiger partial charge in [-0.15, -0.1) is 0 Å². The van der Waals surface area contributed by atoms with Gasteiger partial charge in [-0.05, 0) is 31.8 Å². The molecule has 0 unspecified atom stereocenters. The lowest BCUT2D eigenvalue weighted by Gasteiger charge is -2.11. The maximum atomic E-state index is 4.43. The molecule has 54 valence electrons. The van der Waals surface area contributed by atoms with E-state index in [4.69, 9.17) is 0 Å². The van der Waals surface area contributed by atoms with Crippen LogP contribution in [0.2, 0.25) is 0 Å². The largest absolute Gasteiger partial charge is 0.290 e. The third-order valence-corrected chi connectivity index (χ3v) is 2.47. The molecule has 1 heteroatoms. The Morgan fingerprint density at radius 2 is 2.00 bits per heavy atom. The zero-order chi connectivity index (χ0) is 6.97. The molecule has 2 rings (SSSR count). The molecule has 1 aliphatic heterocycles. The van der Waals surface area contributed by atoms with Crippen molar-refractivity contribution in [3.05, 3.63) is 11.1 Å². The molecule has 0 saturated carbocycles. The standard InChI is InChI=1S/C9H13N/c1-7-5-8-3-2-4-9(8)6-10-7/h2-6H2,1H3. The fraction of sp³-hybridized carbons (Fsp3) is 0.667. The lowest BCUT2D eigenvalue weighted by atomic mass is 10.0. The highest BCUT2D eigenvalue weighted by Gasteiger charge is 2.17. The van der Waals surface area contributed by atoms with Crippen molar-refractivity contribution in [2.45, 2.75) is 32.6 Å². The van der Waals surface area contributed by atoms with Crippen molar-refractivity contribution in [2.24, 2.45) is 4.99 Å². The third kappa shape index (κ3) is 0.898. The van der Waals surface area contributed by atoms with Gasteiger partial charge in [-0.25, -0.2) is 0 Å². The predicted octanol–water partition coefficient (Wildman–Crippen LogP) is 2.33. The molecule has 0 saturated heterocycles. The molecule has 0 fully saturated rings. The van der Waals surface area contributed by atoms with Crippen molar-refractivity contribution in [2.75, 3.05) is 6.54 Å². The zero-order valence-electron chi connectivity index (χ0n) is 6.48. The number of nitrogens with zero attached hydrogens (tertiary/aromatic N) is 1. The van der Waals surface area contributed by atoms with E-state index in [2.05, 4.69) is 11.9 Å². The van der Waals surface area contributed by atoms with Gasteiger partial charge in [0.15, 0.2) is 0 Å². The first kappa shape index (κ1) is 6.14. The van der Waals surface area contributed by atoms with Crippen LogP contribution in [-0.2, 0) is 0 Å². The minimum Gasteiger partial charge on any atom is -0.290 e. The summed E-state index contributed by atoms with van der Waals surface area (Å²) in [7, 11) is 0. The summed E-state index contributed by atoms with van der Waals surface area (Å²) in [5, 5.41) is 0. The molecule has 10 heavy (non-hydrogen) atoms. The first-order valence-corrected chi connectivity index (χ1v) is 4.06. The van der Waals surface area contributed by atoms with Gasteiger partial charge in [0.25, 0.3) is 0 Å². The van der Waals surface area contributed by atoms with E-state index in [0.717, 1.165) is 6.54 Å². The van der Waals surface area contributed by atoms with Gasteiger partial charge in [0.2, 0.25) is 0 Å². The Bertz CT molecular complexity index is 211. The van der Waals surface area contributed by atoms with E-state index in [0.29, 0.717) is 0 Å². The molecular weight excluding hydrogens is 122 g/mol. The fourth-order valence-corrected chi connectivity index (χ4v) is 1.87. The van der Waals surface area contributed by atoms with E-state index in [1.807, 2.05) is 0 Å². The van der Waals surface area contributed by atoms with Crippen LogP contribution in [0.4, 0.5) is 0 Å². The van der Waals surface area contributed by atoms with Gasteiger partial charge >= 0.3 is 0 Å². The Labute approximate surface area is 61.9 Å². The maximum absolute atomic E-state index is 4.43. The summed E-state index contributed by atoms with van der Waals surface area (Å²) in [5.41, 5.74) is 4.68. The van der Waals surface area contributed by atoms with Gasteiger partial charge in [-0.3, -0.25) is 4.99 Å². The monoisotopic (exact) mass is 135 g/mol. The summed E-state index contributed by atoms with van der Waals surface area (Å²) in [5.74, 6) is 0. The smallest absolute Gasteiger partial charge is 0.0601 e. The van der Waals surface area contributed by atoms with Gasteiger partial charge in [0.05, 0.1) is 6.54 Å². The molecule has 1 nitrogen and oxygen atoms in total. The van der Waals surface area contributed by atoms with Crippen molar-refractivity contribution >= 4 is 5.71 Å². The van der Waals surface area contributed by atoms with Crippen LogP contribution in [0.15, 0.2) is 16.1 Å². The second-order valence-electron chi connectivity index (χ2n) is 3.29. The first-order valence-electron chi connectivity index (χ1n) is 4.06.